The molecule has 0 radical (unpaired) electrons. The zero-order chi connectivity index (χ0) is 17.4. The van der Waals surface area contributed by atoms with E-state index in [0.29, 0.717) is 29.8 Å². The van der Waals surface area contributed by atoms with Gasteiger partial charge < -0.3 is 10.6 Å². The van der Waals surface area contributed by atoms with Gasteiger partial charge in [-0.05, 0) is 31.4 Å². The smallest absolute Gasteiger partial charge is 0.191 e. The molecule has 2 unspecified atom stereocenters. The lowest BCUT2D eigenvalue weighted by molar-refractivity contribution is 0.567. The molecule has 1 aliphatic heterocycles. The average molecular weight is 370 g/mol. The van der Waals surface area contributed by atoms with Crippen molar-refractivity contribution in [3.05, 3.63) is 30.3 Å². The number of sulfone groups is 1. The highest BCUT2D eigenvalue weighted by atomic mass is 32.2. The lowest BCUT2D eigenvalue weighted by atomic mass is 10.1. The molecule has 1 aromatic carbocycles. The summed E-state index contributed by atoms with van der Waals surface area (Å²) in [6.45, 7) is 6.34. The molecule has 2 atom stereocenters. The minimum Gasteiger partial charge on any atom is -0.357 e. The van der Waals surface area contributed by atoms with Gasteiger partial charge in [0.15, 0.2) is 15.8 Å². The van der Waals surface area contributed by atoms with Crippen molar-refractivity contribution in [2.24, 2.45) is 10.9 Å². The number of hydrogen-bond donors (Lipinski definition) is 2. The van der Waals surface area contributed by atoms with Gasteiger partial charge in [-0.15, -0.1) is 11.8 Å². The molecule has 1 aromatic rings. The van der Waals surface area contributed by atoms with Crippen LogP contribution in [0.15, 0.2) is 40.2 Å². The van der Waals surface area contributed by atoms with Gasteiger partial charge in [0.05, 0.1) is 18.1 Å². The van der Waals surface area contributed by atoms with Crippen molar-refractivity contribution in [3.63, 3.8) is 0 Å². The Balaban J connectivity index is 1.81. The number of thioether (sulfide) groups is 1. The van der Waals surface area contributed by atoms with E-state index in [1.807, 2.05) is 25.1 Å². The maximum Gasteiger partial charge on any atom is 0.191 e. The number of aliphatic imine (C=N–C) groups is 1. The van der Waals surface area contributed by atoms with Gasteiger partial charge in [-0.25, -0.2) is 8.42 Å². The first-order valence-electron chi connectivity index (χ1n) is 8.43. The molecule has 0 aliphatic carbocycles. The normalized spacial score (nSPS) is 21.4. The molecular formula is C17H27N3O2S2. The number of nitrogens with zero attached hydrogens (tertiary/aromatic N) is 1. The van der Waals surface area contributed by atoms with E-state index in [1.165, 1.54) is 4.90 Å². The summed E-state index contributed by atoms with van der Waals surface area (Å²) in [6.07, 6.45) is 0.745. The zero-order valence-corrected chi connectivity index (χ0v) is 16.0. The predicted molar refractivity (Wildman–Crippen MR) is 103 cm³/mol. The van der Waals surface area contributed by atoms with Gasteiger partial charge in [0.1, 0.15) is 0 Å². The van der Waals surface area contributed by atoms with Gasteiger partial charge in [0.25, 0.3) is 0 Å². The average Bonchev–Trinajstić information content (AvgIpc) is 2.90. The summed E-state index contributed by atoms with van der Waals surface area (Å²) in [5.74, 6) is 1.56. The first kappa shape index (κ1) is 19.1. The Morgan fingerprint density at radius 2 is 2.08 bits per heavy atom. The second kappa shape index (κ2) is 9.32. The molecule has 0 bridgehead atoms. The van der Waals surface area contributed by atoms with Crippen molar-refractivity contribution in [2.75, 3.05) is 31.1 Å². The van der Waals surface area contributed by atoms with Gasteiger partial charge in [-0.2, -0.15) is 0 Å². The molecule has 0 amide bonds. The van der Waals surface area contributed by atoms with Gasteiger partial charge in [-0.3, -0.25) is 4.99 Å². The number of rotatable bonds is 7. The quantitative estimate of drug-likeness (QED) is 0.438. The van der Waals surface area contributed by atoms with Crippen LogP contribution < -0.4 is 10.6 Å². The molecule has 1 fully saturated rings. The van der Waals surface area contributed by atoms with E-state index in [2.05, 4.69) is 34.7 Å². The van der Waals surface area contributed by atoms with E-state index in [0.717, 1.165) is 18.9 Å². The third-order valence-corrected chi connectivity index (χ3v) is 6.75. The summed E-state index contributed by atoms with van der Waals surface area (Å²) in [5, 5.41) is 6.88. The molecule has 0 saturated carbocycles. The summed E-state index contributed by atoms with van der Waals surface area (Å²) in [4.78, 5) is 5.88. The van der Waals surface area contributed by atoms with Crippen LogP contribution in [-0.4, -0.2) is 50.8 Å². The van der Waals surface area contributed by atoms with Crippen molar-refractivity contribution >= 4 is 27.6 Å². The maximum absolute atomic E-state index is 11.5. The highest BCUT2D eigenvalue weighted by Gasteiger charge is 2.27. The third-order valence-electron chi connectivity index (χ3n) is 3.82. The highest BCUT2D eigenvalue weighted by Crippen LogP contribution is 2.22. The van der Waals surface area contributed by atoms with Crippen molar-refractivity contribution in [1.29, 1.82) is 0 Å². The Kier molecular flexibility index (Phi) is 7.42. The molecule has 0 aromatic heterocycles. The first-order chi connectivity index (χ1) is 11.5. The summed E-state index contributed by atoms with van der Waals surface area (Å²) in [7, 11) is -2.82. The van der Waals surface area contributed by atoms with Crippen LogP contribution in [0.2, 0.25) is 0 Å². The van der Waals surface area contributed by atoms with Crippen molar-refractivity contribution < 1.29 is 8.42 Å². The molecule has 134 valence electrons. The second-order valence-electron chi connectivity index (χ2n) is 6.11. The lowest BCUT2D eigenvalue weighted by Gasteiger charge is -2.15. The molecule has 1 aliphatic rings. The van der Waals surface area contributed by atoms with Gasteiger partial charge in [-0.1, -0.05) is 25.1 Å². The molecule has 2 rings (SSSR count). The molecule has 0 spiro atoms. The van der Waals surface area contributed by atoms with Gasteiger partial charge in [0.2, 0.25) is 0 Å². The summed E-state index contributed by atoms with van der Waals surface area (Å²) in [6, 6.07) is 10.3. The van der Waals surface area contributed by atoms with Crippen LogP contribution in [0.25, 0.3) is 0 Å². The van der Waals surface area contributed by atoms with Crippen LogP contribution in [0.4, 0.5) is 0 Å². The van der Waals surface area contributed by atoms with Crippen LogP contribution in [0, 0.1) is 5.92 Å². The van der Waals surface area contributed by atoms with Crippen LogP contribution in [0.5, 0.6) is 0 Å². The van der Waals surface area contributed by atoms with E-state index in [4.69, 9.17) is 0 Å². The van der Waals surface area contributed by atoms with E-state index in [9.17, 15) is 8.42 Å². The van der Waals surface area contributed by atoms with E-state index >= 15 is 0 Å². The molecule has 5 nitrogen and oxygen atoms in total. The fourth-order valence-electron chi connectivity index (χ4n) is 2.60. The van der Waals surface area contributed by atoms with E-state index in [-0.39, 0.29) is 5.92 Å². The number of benzene rings is 1. The Bertz CT molecular complexity index is 632. The Morgan fingerprint density at radius 3 is 2.71 bits per heavy atom. The van der Waals surface area contributed by atoms with Gasteiger partial charge >= 0.3 is 0 Å². The lowest BCUT2D eigenvalue weighted by Crippen LogP contribution is -2.40. The van der Waals surface area contributed by atoms with Crippen LogP contribution in [0.3, 0.4) is 0 Å². The second-order valence-corrected chi connectivity index (χ2v) is 9.85. The standard InChI is InChI=1S/C17H27N3O2S2/c1-3-18-17(20-12-15-9-10-24(21,22)13-15)19-11-14(2)23-16-7-5-4-6-8-16/h4-8,14-15H,3,9-13H2,1-2H3,(H2,18,19,20). The zero-order valence-electron chi connectivity index (χ0n) is 14.4. The molecule has 7 heteroatoms. The Hall–Kier alpha value is -1.21. The minimum atomic E-state index is -2.82. The third kappa shape index (κ3) is 6.73. The summed E-state index contributed by atoms with van der Waals surface area (Å²) < 4.78 is 23.0. The van der Waals surface area contributed by atoms with Crippen molar-refractivity contribution in [2.45, 2.75) is 30.4 Å². The predicted octanol–water partition coefficient (Wildman–Crippen LogP) is 2.16. The Morgan fingerprint density at radius 1 is 1.33 bits per heavy atom. The molecular weight excluding hydrogens is 342 g/mol. The van der Waals surface area contributed by atoms with Crippen molar-refractivity contribution in [1.82, 2.24) is 10.6 Å². The largest absolute Gasteiger partial charge is 0.357 e. The van der Waals surface area contributed by atoms with Gasteiger partial charge in [0, 0.05) is 23.2 Å². The summed E-state index contributed by atoms with van der Waals surface area (Å²) >= 11 is 1.80. The number of hydrogen-bond acceptors (Lipinski definition) is 4. The van der Waals surface area contributed by atoms with Crippen LogP contribution >= 0.6 is 11.8 Å². The molecule has 1 saturated heterocycles. The fraction of sp³-hybridized carbons (Fsp3) is 0.588. The number of nitrogens with one attached hydrogen (secondary N) is 2. The molecule has 1 heterocycles. The minimum absolute atomic E-state index is 0.190. The highest BCUT2D eigenvalue weighted by molar-refractivity contribution is 8.00. The maximum atomic E-state index is 11.5. The summed E-state index contributed by atoms with van der Waals surface area (Å²) in [5.41, 5.74) is 0. The monoisotopic (exact) mass is 369 g/mol. The Labute approximate surface area is 149 Å². The molecule has 2 N–H and O–H groups in total. The fourth-order valence-corrected chi connectivity index (χ4v) is 5.39. The van der Waals surface area contributed by atoms with E-state index in [1.54, 1.807) is 11.8 Å². The van der Waals surface area contributed by atoms with Crippen molar-refractivity contribution in [3.8, 4) is 0 Å². The van der Waals surface area contributed by atoms with E-state index < -0.39 is 9.84 Å². The topological polar surface area (TPSA) is 70.6 Å². The number of guanidine groups is 1. The van der Waals surface area contributed by atoms with Crippen LogP contribution in [0.1, 0.15) is 20.3 Å². The van der Waals surface area contributed by atoms with Crippen LogP contribution in [-0.2, 0) is 9.84 Å². The first-order valence-corrected chi connectivity index (χ1v) is 11.1. The SMILES string of the molecule is CCNC(=NCC(C)Sc1ccccc1)NCC1CCS(=O)(=O)C1. The molecule has 24 heavy (non-hydrogen) atoms.